The Morgan fingerprint density at radius 1 is 1.36 bits per heavy atom. The molecule has 1 N–H and O–H groups in total. The molecule has 0 spiro atoms. The SMILES string of the molecule is Cc1ccn(CC2CCCO2)c(=O)c1C(=O)NCCC1=CCCCC1. The van der Waals surface area contributed by atoms with E-state index in [1.807, 2.05) is 13.0 Å². The van der Waals surface area contributed by atoms with Crippen LogP contribution in [-0.2, 0) is 11.3 Å². The first-order valence-electron chi connectivity index (χ1n) is 9.43. The van der Waals surface area contributed by atoms with Crippen molar-refractivity contribution in [2.75, 3.05) is 13.2 Å². The highest BCUT2D eigenvalue weighted by Gasteiger charge is 2.20. The van der Waals surface area contributed by atoms with E-state index in [1.54, 1.807) is 10.8 Å². The van der Waals surface area contributed by atoms with Gasteiger partial charge in [-0.25, -0.2) is 0 Å². The Balaban J connectivity index is 1.64. The van der Waals surface area contributed by atoms with Crippen LogP contribution in [0, 0.1) is 6.92 Å². The largest absolute Gasteiger partial charge is 0.376 e. The Hall–Kier alpha value is -1.88. The smallest absolute Gasteiger partial charge is 0.263 e. The van der Waals surface area contributed by atoms with Gasteiger partial charge in [0.2, 0.25) is 0 Å². The van der Waals surface area contributed by atoms with Crippen molar-refractivity contribution in [1.82, 2.24) is 9.88 Å². The fourth-order valence-electron chi connectivity index (χ4n) is 3.65. The van der Waals surface area contributed by atoms with Gasteiger partial charge in [0, 0.05) is 19.3 Å². The standard InChI is InChI=1S/C20H28N2O3/c1-15-10-12-22(14-17-8-5-13-25-17)20(24)18(15)19(23)21-11-9-16-6-3-2-4-7-16/h6,10,12,17H,2-5,7-9,11,13-14H2,1H3,(H,21,23). The van der Waals surface area contributed by atoms with E-state index < -0.39 is 0 Å². The van der Waals surface area contributed by atoms with Crippen LogP contribution in [0.3, 0.4) is 0 Å². The van der Waals surface area contributed by atoms with Crippen LogP contribution < -0.4 is 10.9 Å². The van der Waals surface area contributed by atoms with Gasteiger partial charge in [-0.05, 0) is 63.5 Å². The molecule has 3 rings (SSSR count). The molecule has 1 aliphatic carbocycles. The lowest BCUT2D eigenvalue weighted by Gasteiger charge is -2.15. The number of nitrogens with zero attached hydrogens (tertiary/aromatic N) is 1. The van der Waals surface area contributed by atoms with Crippen molar-refractivity contribution in [3.8, 4) is 0 Å². The van der Waals surface area contributed by atoms with Crippen LogP contribution in [0.25, 0.3) is 0 Å². The molecule has 1 unspecified atom stereocenters. The zero-order chi connectivity index (χ0) is 17.6. The number of hydrogen-bond acceptors (Lipinski definition) is 3. The second-order valence-corrected chi connectivity index (χ2v) is 7.08. The Labute approximate surface area is 149 Å². The third-order valence-electron chi connectivity index (χ3n) is 5.14. The normalized spacial score (nSPS) is 20.4. The fourth-order valence-corrected chi connectivity index (χ4v) is 3.65. The third-order valence-corrected chi connectivity index (χ3v) is 5.14. The number of aromatic nitrogens is 1. The molecule has 1 fully saturated rings. The number of ether oxygens (including phenoxy) is 1. The number of hydrogen-bond donors (Lipinski definition) is 1. The quantitative estimate of drug-likeness (QED) is 0.807. The highest BCUT2D eigenvalue weighted by atomic mass is 16.5. The predicted octanol–water partition coefficient (Wildman–Crippen LogP) is 2.96. The zero-order valence-electron chi connectivity index (χ0n) is 15.1. The van der Waals surface area contributed by atoms with Gasteiger partial charge < -0.3 is 14.6 Å². The molecule has 2 heterocycles. The minimum absolute atomic E-state index is 0.0783. The Bertz CT molecular complexity index is 699. The lowest BCUT2D eigenvalue weighted by atomic mass is 9.97. The highest BCUT2D eigenvalue weighted by Crippen LogP contribution is 2.19. The molecule has 1 amide bonds. The van der Waals surface area contributed by atoms with E-state index >= 15 is 0 Å². The number of carbonyl (C=O) groups is 1. The summed E-state index contributed by atoms with van der Waals surface area (Å²) < 4.78 is 7.22. The van der Waals surface area contributed by atoms with Gasteiger partial charge in [-0.3, -0.25) is 9.59 Å². The van der Waals surface area contributed by atoms with Crippen LogP contribution in [0.1, 0.15) is 60.9 Å². The van der Waals surface area contributed by atoms with Gasteiger partial charge in [-0.2, -0.15) is 0 Å². The van der Waals surface area contributed by atoms with Gasteiger partial charge in [0.05, 0.1) is 12.6 Å². The first-order valence-corrected chi connectivity index (χ1v) is 9.43. The van der Waals surface area contributed by atoms with Gasteiger partial charge in [-0.1, -0.05) is 11.6 Å². The second-order valence-electron chi connectivity index (χ2n) is 7.08. The van der Waals surface area contributed by atoms with E-state index in [1.165, 1.54) is 18.4 Å². The summed E-state index contributed by atoms with van der Waals surface area (Å²) >= 11 is 0. The number of nitrogens with one attached hydrogen (secondary N) is 1. The van der Waals surface area contributed by atoms with E-state index in [9.17, 15) is 9.59 Å². The topological polar surface area (TPSA) is 60.3 Å². The average molecular weight is 344 g/mol. The Morgan fingerprint density at radius 3 is 2.96 bits per heavy atom. The summed E-state index contributed by atoms with van der Waals surface area (Å²) in [5, 5.41) is 2.92. The number of rotatable bonds is 6. The molecule has 0 aromatic carbocycles. The van der Waals surface area contributed by atoms with Crippen molar-refractivity contribution in [2.45, 2.75) is 64.5 Å². The van der Waals surface area contributed by atoms with Crippen LogP contribution in [0.2, 0.25) is 0 Å². The highest BCUT2D eigenvalue weighted by molar-refractivity contribution is 5.95. The molecule has 0 radical (unpaired) electrons. The molecular formula is C20H28N2O3. The second kappa shape index (κ2) is 8.48. The summed E-state index contributed by atoms with van der Waals surface area (Å²) in [6.07, 6.45) is 11.8. The van der Waals surface area contributed by atoms with Crippen LogP contribution in [-0.4, -0.2) is 29.7 Å². The van der Waals surface area contributed by atoms with E-state index in [0.717, 1.165) is 44.3 Å². The average Bonchev–Trinajstić information content (AvgIpc) is 3.12. The van der Waals surface area contributed by atoms with Crippen molar-refractivity contribution >= 4 is 5.91 Å². The minimum atomic E-state index is -0.263. The maximum atomic E-state index is 12.7. The van der Waals surface area contributed by atoms with Crippen LogP contribution >= 0.6 is 0 Å². The maximum absolute atomic E-state index is 12.7. The van der Waals surface area contributed by atoms with E-state index in [4.69, 9.17) is 4.74 Å². The number of amides is 1. The lowest BCUT2D eigenvalue weighted by molar-refractivity contribution is 0.0930. The van der Waals surface area contributed by atoms with Gasteiger partial charge in [0.15, 0.2) is 0 Å². The summed E-state index contributed by atoms with van der Waals surface area (Å²) in [6.45, 7) is 3.68. The monoisotopic (exact) mass is 344 g/mol. The van der Waals surface area contributed by atoms with E-state index in [-0.39, 0.29) is 23.1 Å². The minimum Gasteiger partial charge on any atom is -0.376 e. The summed E-state index contributed by atoms with van der Waals surface area (Å²) in [7, 11) is 0. The van der Waals surface area contributed by atoms with Crippen molar-refractivity contribution in [3.63, 3.8) is 0 Å². The molecule has 25 heavy (non-hydrogen) atoms. The number of pyridine rings is 1. The van der Waals surface area contributed by atoms with Crippen molar-refractivity contribution < 1.29 is 9.53 Å². The third kappa shape index (κ3) is 4.60. The Morgan fingerprint density at radius 2 is 2.24 bits per heavy atom. The molecule has 1 aromatic heterocycles. The van der Waals surface area contributed by atoms with Gasteiger partial charge in [0.25, 0.3) is 11.5 Å². The van der Waals surface area contributed by atoms with Crippen molar-refractivity contribution in [2.24, 2.45) is 0 Å². The molecule has 0 saturated carbocycles. The van der Waals surface area contributed by atoms with Crippen molar-refractivity contribution in [3.05, 3.63) is 45.4 Å². The first kappa shape index (κ1) is 17.9. The maximum Gasteiger partial charge on any atom is 0.263 e. The molecule has 5 nitrogen and oxygen atoms in total. The predicted molar refractivity (Wildman–Crippen MR) is 97.9 cm³/mol. The number of allylic oxidation sites excluding steroid dienone is 1. The zero-order valence-corrected chi connectivity index (χ0v) is 15.1. The molecule has 1 atom stereocenters. The van der Waals surface area contributed by atoms with E-state index in [2.05, 4.69) is 11.4 Å². The molecule has 2 aliphatic rings. The van der Waals surface area contributed by atoms with Crippen molar-refractivity contribution in [1.29, 1.82) is 0 Å². The van der Waals surface area contributed by atoms with Gasteiger partial charge in [-0.15, -0.1) is 0 Å². The van der Waals surface area contributed by atoms with Crippen LogP contribution in [0.5, 0.6) is 0 Å². The molecule has 136 valence electrons. The molecule has 0 bridgehead atoms. The van der Waals surface area contributed by atoms with Crippen LogP contribution in [0.15, 0.2) is 28.7 Å². The number of carbonyl (C=O) groups excluding carboxylic acids is 1. The van der Waals surface area contributed by atoms with Crippen LogP contribution in [0.4, 0.5) is 0 Å². The summed E-state index contributed by atoms with van der Waals surface area (Å²) in [4.78, 5) is 25.3. The summed E-state index contributed by atoms with van der Waals surface area (Å²) in [5.74, 6) is -0.263. The summed E-state index contributed by atoms with van der Waals surface area (Å²) in [5.41, 5.74) is 2.19. The molecule has 1 saturated heterocycles. The molecule has 5 heteroatoms. The fraction of sp³-hybridized carbons (Fsp3) is 0.600. The Kier molecular flexibility index (Phi) is 6.08. The molecule has 1 aromatic rings. The lowest BCUT2D eigenvalue weighted by Crippen LogP contribution is -2.36. The van der Waals surface area contributed by atoms with E-state index in [0.29, 0.717) is 13.1 Å². The number of aryl methyl sites for hydroxylation is 1. The van der Waals surface area contributed by atoms with Gasteiger partial charge >= 0.3 is 0 Å². The molecular weight excluding hydrogens is 316 g/mol. The van der Waals surface area contributed by atoms with Gasteiger partial charge in [0.1, 0.15) is 5.56 Å². The first-order chi connectivity index (χ1) is 12.1. The molecule has 1 aliphatic heterocycles. The summed E-state index contributed by atoms with van der Waals surface area (Å²) in [6, 6.07) is 1.84.